The Kier molecular flexibility index (Phi) is 5.47. The highest BCUT2D eigenvalue weighted by molar-refractivity contribution is 5.91. The average Bonchev–Trinajstić information content (AvgIpc) is 3.07. The normalized spacial score (nSPS) is 22.4. The lowest BCUT2D eigenvalue weighted by Crippen LogP contribution is -2.54. The third-order valence-corrected chi connectivity index (χ3v) is 4.91. The fraction of sp³-hybridized carbons (Fsp3) is 0.812. The van der Waals surface area contributed by atoms with Crippen LogP contribution in [0.5, 0.6) is 0 Å². The van der Waals surface area contributed by atoms with Crippen LogP contribution in [0, 0.1) is 0 Å². The van der Waals surface area contributed by atoms with E-state index in [0.717, 1.165) is 52.2 Å². The predicted molar refractivity (Wildman–Crippen MR) is 90.0 cm³/mol. The molecule has 1 amide bonds. The second-order valence-electron chi connectivity index (χ2n) is 7.17. The summed E-state index contributed by atoms with van der Waals surface area (Å²) in [6.45, 7) is 10.1. The summed E-state index contributed by atoms with van der Waals surface area (Å²) in [5.41, 5.74) is 0.413. The lowest BCUT2D eigenvalue weighted by Gasteiger charge is -2.42. The molecule has 2 N–H and O–H groups in total. The van der Waals surface area contributed by atoms with E-state index < -0.39 is 0 Å². The molecule has 1 aromatic rings. The number of ether oxygens (including phenoxy) is 1. The van der Waals surface area contributed by atoms with Crippen molar-refractivity contribution in [3.63, 3.8) is 0 Å². The summed E-state index contributed by atoms with van der Waals surface area (Å²) in [5.74, 6) is -0.152. The molecule has 2 saturated heterocycles. The summed E-state index contributed by atoms with van der Waals surface area (Å²) < 4.78 is 7.35. The molecule has 0 saturated carbocycles. The molecule has 3 heterocycles. The van der Waals surface area contributed by atoms with Gasteiger partial charge in [0.15, 0.2) is 5.69 Å². The zero-order valence-corrected chi connectivity index (χ0v) is 14.6. The maximum Gasteiger partial charge on any atom is 0.273 e. The molecule has 2 aliphatic rings. The van der Waals surface area contributed by atoms with Crippen molar-refractivity contribution in [3.05, 3.63) is 11.9 Å². The van der Waals surface area contributed by atoms with E-state index in [2.05, 4.69) is 39.7 Å². The fourth-order valence-electron chi connectivity index (χ4n) is 3.33. The fourth-order valence-corrected chi connectivity index (χ4v) is 3.33. The summed E-state index contributed by atoms with van der Waals surface area (Å²) in [6.07, 6.45) is 3.82. The summed E-state index contributed by atoms with van der Waals surface area (Å²) in [7, 11) is 0. The SMILES string of the molecule is CC1(C)COCCN1CCNC(=O)c1cn(C2CCNCC2)nn1. The number of piperidine rings is 1. The van der Waals surface area contributed by atoms with Crippen LogP contribution < -0.4 is 10.6 Å². The van der Waals surface area contributed by atoms with E-state index in [-0.39, 0.29) is 11.4 Å². The van der Waals surface area contributed by atoms with Crippen LogP contribution in [0.1, 0.15) is 43.2 Å². The topological polar surface area (TPSA) is 84.3 Å². The first-order valence-corrected chi connectivity index (χ1v) is 8.80. The van der Waals surface area contributed by atoms with Crippen molar-refractivity contribution in [1.29, 1.82) is 0 Å². The largest absolute Gasteiger partial charge is 0.378 e. The first-order chi connectivity index (χ1) is 11.6. The van der Waals surface area contributed by atoms with Gasteiger partial charge in [-0.25, -0.2) is 4.68 Å². The smallest absolute Gasteiger partial charge is 0.273 e. The highest BCUT2D eigenvalue weighted by atomic mass is 16.5. The number of carbonyl (C=O) groups excluding carboxylic acids is 1. The van der Waals surface area contributed by atoms with Crippen LogP contribution in [-0.4, -0.2) is 77.3 Å². The summed E-state index contributed by atoms with van der Waals surface area (Å²) in [6, 6.07) is 0.342. The molecule has 0 atom stereocenters. The second-order valence-corrected chi connectivity index (χ2v) is 7.17. The Morgan fingerprint density at radius 3 is 3.00 bits per heavy atom. The molecule has 8 heteroatoms. The Bertz CT molecular complexity index is 553. The van der Waals surface area contributed by atoms with Crippen LogP contribution >= 0.6 is 0 Å². The molecule has 0 aromatic carbocycles. The molecule has 0 spiro atoms. The first kappa shape index (κ1) is 17.3. The van der Waals surface area contributed by atoms with Crippen LogP contribution in [0.2, 0.25) is 0 Å². The van der Waals surface area contributed by atoms with Gasteiger partial charge in [0, 0.05) is 25.2 Å². The molecular formula is C16H28N6O2. The van der Waals surface area contributed by atoms with Crippen molar-refractivity contribution in [3.8, 4) is 0 Å². The molecule has 8 nitrogen and oxygen atoms in total. The summed E-state index contributed by atoms with van der Waals surface area (Å²) in [4.78, 5) is 14.6. The van der Waals surface area contributed by atoms with Crippen molar-refractivity contribution < 1.29 is 9.53 Å². The summed E-state index contributed by atoms with van der Waals surface area (Å²) in [5, 5.41) is 14.4. The van der Waals surface area contributed by atoms with Gasteiger partial charge in [0.2, 0.25) is 0 Å². The quantitative estimate of drug-likeness (QED) is 0.790. The van der Waals surface area contributed by atoms with E-state index in [4.69, 9.17) is 4.74 Å². The van der Waals surface area contributed by atoms with Crippen LogP contribution in [0.3, 0.4) is 0 Å². The van der Waals surface area contributed by atoms with E-state index in [0.29, 0.717) is 18.3 Å². The predicted octanol–water partition coefficient (Wildman–Crippen LogP) is 0.0432. The van der Waals surface area contributed by atoms with Gasteiger partial charge in [0.1, 0.15) is 0 Å². The van der Waals surface area contributed by atoms with Crippen LogP contribution in [-0.2, 0) is 4.74 Å². The second kappa shape index (κ2) is 7.58. The molecule has 0 radical (unpaired) electrons. The zero-order valence-electron chi connectivity index (χ0n) is 14.6. The van der Waals surface area contributed by atoms with Gasteiger partial charge in [0.05, 0.1) is 25.5 Å². The lowest BCUT2D eigenvalue weighted by molar-refractivity contribution is -0.0498. The van der Waals surface area contributed by atoms with Gasteiger partial charge in [-0.15, -0.1) is 5.10 Å². The maximum absolute atomic E-state index is 12.3. The molecule has 2 aliphatic heterocycles. The summed E-state index contributed by atoms with van der Waals surface area (Å²) >= 11 is 0. The third kappa shape index (κ3) is 4.12. The van der Waals surface area contributed by atoms with Crippen molar-refractivity contribution in [2.45, 2.75) is 38.3 Å². The van der Waals surface area contributed by atoms with Gasteiger partial charge in [0.25, 0.3) is 5.91 Å². The number of amides is 1. The minimum absolute atomic E-state index is 0.0150. The van der Waals surface area contributed by atoms with Crippen molar-refractivity contribution in [2.24, 2.45) is 0 Å². The first-order valence-electron chi connectivity index (χ1n) is 8.80. The van der Waals surface area contributed by atoms with E-state index in [1.54, 1.807) is 6.20 Å². The molecule has 0 unspecified atom stereocenters. The van der Waals surface area contributed by atoms with Crippen molar-refractivity contribution >= 4 is 5.91 Å². The molecule has 1 aromatic heterocycles. The monoisotopic (exact) mass is 336 g/mol. The van der Waals surface area contributed by atoms with E-state index in [9.17, 15) is 4.79 Å². The third-order valence-electron chi connectivity index (χ3n) is 4.91. The maximum atomic E-state index is 12.3. The van der Waals surface area contributed by atoms with Crippen molar-refractivity contribution in [1.82, 2.24) is 30.5 Å². The van der Waals surface area contributed by atoms with Gasteiger partial charge in [-0.05, 0) is 39.8 Å². The Balaban J connectivity index is 1.47. The number of hydrogen-bond acceptors (Lipinski definition) is 6. The van der Waals surface area contributed by atoms with E-state index in [1.807, 2.05) is 4.68 Å². The van der Waals surface area contributed by atoms with Crippen LogP contribution in [0.4, 0.5) is 0 Å². The van der Waals surface area contributed by atoms with Gasteiger partial charge in [-0.2, -0.15) is 0 Å². The Morgan fingerprint density at radius 1 is 1.46 bits per heavy atom. The lowest BCUT2D eigenvalue weighted by atomic mass is 10.0. The Labute approximate surface area is 142 Å². The zero-order chi connectivity index (χ0) is 17.0. The number of aromatic nitrogens is 3. The van der Waals surface area contributed by atoms with Gasteiger partial charge < -0.3 is 15.4 Å². The average molecular weight is 336 g/mol. The Hall–Kier alpha value is -1.51. The van der Waals surface area contributed by atoms with Gasteiger partial charge in [-0.3, -0.25) is 9.69 Å². The number of carbonyl (C=O) groups is 1. The molecular weight excluding hydrogens is 308 g/mol. The minimum Gasteiger partial charge on any atom is -0.378 e. The number of rotatable bonds is 5. The standard InChI is InChI=1S/C16H28N6O2/c1-16(2)12-24-10-9-21(16)8-7-18-15(23)14-11-22(20-19-14)13-3-5-17-6-4-13/h11,13,17H,3-10,12H2,1-2H3,(H,18,23). The number of hydrogen-bond donors (Lipinski definition) is 2. The van der Waals surface area contributed by atoms with Crippen LogP contribution in [0.25, 0.3) is 0 Å². The molecule has 2 fully saturated rings. The van der Waals surface area contributed by atoms with Gasteiger partial charge >= 0.3 is 0 Å². The minimum atomic E-state index is -0.152. The number of nitrogens with one attached hydrogen (secondary N) is 2. The van der Waals surface area contributed by atoms with Crippen LogP contribution in [0.15, 0.2) is 6.20 Å². The molecule has 0 bridgehead atoms. The van der Waals surface area contributed by atoms with Crippen molar-refractivity contribution in [2.75, 3.05) is 45.9 Å². The molecule has 0 aliphatic carbocycles. The molecule has 134 valence electrons. The highest BCUT2D eigenvalue weighted by Gasteiger charge is 2.30. The molecule has 3 rings (SSSR count). The Morgan fingerprint density at radius 2 is 2.25 bits per heavy atom. The number of nitrogens with zero attached hydrogens (tertiary/aromatic N) is 4. The number of morpholine rings is 1. The van der Waals surface area contributed by atoms with E-state index in [1.165, 1.54) is 0 Å². The van der Waals surface area contributed by atoms with Gasteiger partial charge in [-0.1, -0.05) is 5.21 Å². The molecule has 24 heavy (non-hydrogen) atoms. The highest BCUT2D eigenvalue weighted by Crippen LogP contribution is 2.18. The van der Waals surface area contributed by atoms with E-state index >= 15 is 0 Å².